The molecule has 8 heteroatoms. The van der Waals surface area contributed by atoms with Gasteiger partial charge in [0.15, 0.2) is 0 Å². The van der Waals surface area contributed by atoms with Crippen molar-refractivity contribution in [3.8, 4) is 0 Å². The molecule has 1 amide bonds. The minimum absolute atomic E-state index is 0.418. The summed E-state index contributed by atoms with van der Waals surface area (Å²) in [5.74, 6) is -1.24. The molecule has 1 atom stereocenters. The van der Waals surface area contributed by atoms with Crippen molar-refractivity contribution < 1.29 is 22.7 Å². The quantitative estimate of drug-likeness (QED) is 0.617. The van der Waals surface area contributed by atoms with Gasteiger partial charge < -0.3 is 9.64 Å². The zero-order chi connectivity index (χ0) is 21.4. The number of amides is 1. The normalized spacial score (nSPS) is 12.7. The summed E-state index contributed by atoms with van der Waals surface area (Å²) >= 11 is 0. The molecule has 0 radical (unpaired) electrons. The van der Waals surface area contributed by atoms with Crippen LogP contribution >= 0.6 is 0 Å². The average molecular weight is 416 g/mol. The minimum Gasteiger partial charge on any atom is -0.446 e. The Labute approximate surface area is 171 Å². The molecule has 0 fully saturated rings. The Morgan fingerprint density at radius 3 is 2.07 bits per heavy atom. The van der Waals surface area contributed by atoms with Gasteiger partial charge in [0.05, 0.1) is 0 Å². The van der Waals surface area contributed by atoms with Crippen molar-refractivity contribution in [3.05, 3.63) is 77.2 Å². The van der Waals surface area contributed by atoms with E-state index in [9.17, 15) is 18.0 Å². The zero-order valence-corrected chi connectivity index (χ0v) is 17.4. The van der Waals surface area contributed by atoms with Crippen LogP contribution in [0, 0.1) is 0 Å². The van der Waals surface area contributed by atoms with E-state index in [1.54, 1.807) is 68.7 Å². The number of esters is 1. The molecule has 29 heavy (non-hydrogen) atoms. The monoisotopic (exact) mass is 416 g/mol. The largest absolute Gasteiger partial charge is 0.446 e. The second kappa shape index (κ2) is 9.99. The summed E-state index contributed by atoms with van der Waals surface area (Å²) < 4.78 is 31.0. The fraction of sp³-hybridized carbons (Fsp3) is 0.238. The number of rotatable bonds is 8. The SMILES string of the molecule is CN(C)C(=O)[C@@H](OC(=O)CN(C)S(=O)(=O)/C=C/c1ccccc1)c1ccccc1. The van der Waals surface area contributed by atoms with Gasteiger partial charge in [-0.3, -0.25) is 9.59 Å². The van der Waals surface area contributed by atoms with Crippen molar-refractivity contribution in [2.24, 2.45) is 0 Å². The maximum absolute atomic E-state index is 12.4. The highest BCUT2D eigenvalue weighted by Gasteiger charge is 2.28. The van der Waals surface area contributed by atoms with Crippen LogP contribution in [0.4, 0.5) is 0 Å². The summed E-state index contributed by atoms with van der Waals surface area (Å²) in [7, 11) is 0.546. The average Bonchev–Trinajstić information content (AvgIpc) is 2.71. The molecule has 0 aliphatic heterocycles. The molecule has 0 heterocycles. The van der Waals surface area contributed by atoms with Crippen LogP contribution in [0.25, 0.3) is 6.08 Å². The zero-order valence-electron chi connectivity index (χ0n) is 16.6. The van der Waals surface area contributed by atoms with E-state index in [0.29, 0.717) is 11.1 Å². The van der Waals surface area contributed by atoms with Gasteiger partial charge in [0.25, 0.3) is 5.91 Å². The van der Waals surface area contributed by atoms with Crippen LogP contribution in [0.3, 0.4) is 0 Å². The third-order valence-electron chi connectivity index (χ3n) is 4.03. The van der Waals surface area contributed by atoms with Crippen LogP contribution in [0.15, 0.2) is 66.1 Å². The minimum atomic E-state index is -3.83. The van der Waals surface area contributed by atoms with Crippen molar-refractivity contribution in [2.45, 2.75) is 6.10 Å². The highest BCUT2D eigenvalue weighted by molar-refractivity contribution is 7.92. The van der Waals surface area contributed by atoms with Crippen molar-refractivity contribution in [3.63, 3.8) is 0 Å². The Hall–Kier alpha value is -2.97. The lowest BCUT2D eigenvalue weighted by Crippen LogP contribution is -2.36. The van der Waals surface area contributed by atoms with Crippen molar-refractivity contribution in [1.29, 1.82) is 0 Å². The van der Waals surface area contributed by atoms with Crippen LogP contribution in [-0.2, 0) is 24.3 Å². The van der Waals surface area contributed by atoms with Gasteiger partial charge in [-0.1, -0.05) is 60.7 Å². The number of ether oxygens (including phenoxy) is 1. The predicted molar refractivity (Wildman–Crippen MR) is 111 cm³/mol. The highest BCUT2D eigenvalue weighted by Crippen LogP contribution is 2.20. The number of carbonyl (C=O) groups excluding carboxylic acids is 2. The van der Waals surface area contributed by atoms with Gasteiger partial charge in [-0.15, -0.1) is 0 Å². The first-order valence-corrected chi connectivity index (χ1v) is 10.4. The van der Waals surface area contributed by atoms with Crippen LogP contribution in [-0.4, -0.2) is 57.2 Å². The molecule has 154 valence electrons. The molecule has 2 aromatic carbocycles. The lowest BCUT2D eigenvalue weighted by Gasteiger charge is -2.22. The maximum atomic E-state index is 12.4. The first kappa shape index (κ1) is 22.3. The summed E-state index contributed by atoms with van der Waals surface area (Å²) in [5, 5.41) is 1.02. The van der Waals surface area contributed by atoms with Gasteiger partial charge in [0.1, 0.15) is 6.54 Å². The Morgan fingerprint density at radius 2 is 1.52 bits per heavy atom. The first-order valence-electron chi connectivity index (χ1n) is 8.86. The summed E-state index contributed by atoms with van der Waals surface area (Å²) in [6.07, 6.45) is 0.300. The van der Waals surface area contributed by atoms with E-state index in [0.717, 1.165) is 9.71 Å². The lowest BCUT2D eigenvalue weighted by atomic mass is 10.1. The molecule has 0 saturated carbocycles. The summed E-state index contributed by atoms with van der Waals surface area (Å²) in [4.78, 5) is 26.1. The molecule has 2 rings (SSSR count). The number of sulfonamides is 1. The Morgan fingerprint density at radius 1 is 0.966 bits per heavy atom. The maximum Gasteiger partial charge on any atom is 0.322 e. The van der Waals surface area contributed by atoms with Gasteiger partial charge in [-0.05, 0) is 11.6 Å². The van der Waals surface area contributed by atoms with Crippen LogP contribution in [0.2, 0.25) is 0 Å². The van der Waals surface area contributed by atoms with E-state index in [1.165, 1.54) is 18.0 Å². The molecule has 0 aliphatic carbocycles. The second-order valence-electron chi connectivity index (χ2n) is 6.53. The van der Waals surface area contributed by atoms with Gasteiger partial charge in [0.2, 0.25) is 16.1 Å². The summed E-state index contributed by atoms with van der Waals surface area (Å²) in [5.41, 5.74) is 1.22. The fourth-order valence-electron chi connectivity index (χ4n) is 2.40. The molecule has 0 bridgehead atoms. The molecule has 0 aliphatic rings. The van der Waals surface area contributed by atoms with E-state index >= 15 is 0 Å². The standard InChI is InChI=1S/C21H24N2O5S/c1-22(2)21(25)20(18-12-8-5-9-13-18)28-19(24)16-23(3)29(26,27)15-14-17-10-6-4-7-11-17/h4-15,20H,16H2,1-3H3/b15-14+/t20-/m0/s1. The summed E-state index contributed by atoms with van der Waals surface area (Å²) in [6.45, 7) is -0.522. The Kier molecular flexibility index (Phi) is 7.69. The van der Waals surface area contributed by atoms with Crippen molar-refractivity contribution in [2.75, 3.05) is 27.7 Å². The van der Waals surface area contributed by atoms with E-state index in [2.05, 4.69) is 0 Å². The van der Waals surface area contributed by atoms with Gasteiger partial charge >= 0.3 is 5.97 Å². The molecule has 0 aromatic heterocycles. The van der Waals surface area contributed by atoms with Crippen LogP contribution in [0.1, 0.15) is 17.2 Å². The predicted octanol–water partition coefficient (Wildman–Crippen LogP) is 2.29. The number of hydrogen-bond acceptors (Lipinski definition) is 5. The van der Waals surface area contributed by atoms with Gasteiger partial charge in [-0.25, -0.2) is 8.42 Å². The molecular weight excluding hydrogens is 392 g/mol. The van der Waals surface area contributed by atoms with Crippen LogP contribution in [0.5, 0.6) is 0 Å². The van der Waals surface area contributed by atoms with Crippen LogP contribution < -0.4 is 0 Å². The molecule has 0 spiro atoms. The molecule has 0 unspecified atom stereocenters. The molecule has 0 saturated heterocycles. The first-order chi connectivity index (χ1) is 13.7. The topological polar surface area (TPSA) is 84.0 Å². The van der Waals surface area contributed by atoms with E-state index in [-0.39, 0.29) is 0 Å². The lowest BCUT2D eigenvalue weighted by molar-refractivity contribution is -0.159. The van der Waals surface area contributed by atoms with E-state index in [4.69, 9.17) is 4.74 Å². The Bertz CT molecular complexity index is 957. The van der Waals surface area contributed by atoms with E-state index in [1.807, 2.05) is 6.07 Å². The second-order valence-corrected chi connectivity index (χ2v) is 8.45. The third-order valence-corrected chi connectivity index (χ3v) is 5.51. The number of nitrogens with zero attached hydrogens (tertiary/aromatic N) is 2. The number of hydrogen-bond donors (Lipinski definition) is 0. The molecular formula is C21H24N2O5S. The van der Waals surface area contributed by atoms with Gasteiger partial charge in [-0.2, -0.15) is 4.31 Å². The Balaban J connectivity index is 2.08. The summed E-state index contributed by atoms with van der Waals surface area (Å²) in [6, 6.07) is 17.5. The smallest absolute Gasteiger partial charge is 0.322 e. The van der Waals surface area contributed by atoms with Crippen molar-refractivity contribution >= 4 is 28.0 Å². The fourth-order valence-corrected chi connectivity index (χ4v) is 3.22. The molecule has 2 aromatic rings. The number of carbonyl (C=O) groups is 2. The van der Waals surface area contributed by atoms with Gasteiger partial charge in [0, 0.05) is 32.1 Å². The number of benzene rings is 2. The molecule has 0 N–H and O–H groups in total. The van der Waals surface area contributed by atoms with E-state index < -0.39 is 34.5 Å². The molecule has 7 nitrogen and oxygen atoms in total. The number of likely N-dealkylation sites (N-methyl/N-ethyl adjacent to an activating group) is 2. The third kappa shape index (κ3) is 6.55. The van der Waals surface area contributed by atoms with Crippen molar-refractivity contribution in [1.82, 2.24) is 9.21 Å². The highest BCUT2D eigenvalue weighted by atomic mass is 32.2.